The van der Waals surface area contributed by atoms with Gasteiger partial charge in [0.15, 0.2) is 5.69 Å². The maximum atomic E-state index is 13.5. The highest BCUT2D eigenvalue weighted by atomic mass is 19.1. The second-order valence-electron chi connectivity index (χ2n) is 4.27. The van der Waals surface area contributed by atoms with E-state index in [9.17, 15) is 14.0 Å². The Bertz CT molecular complexity index is 703. The first-order valence-corrected chi connectivity index (χ1v) is 6.06. The third kappa shape index (κ3) is 3.53. The summed E-state index contributed by atoms with van der Waals surface area (Å²) in [5, 5.41) is 4.87. The van der Waals surface area contributed by atoms with Crippen molar-refractivity contribution in [3.8, 4) is 0 Å². The number of halogens is 1. The van der Waals surface area contributed by atoms with E-state index >= 15 is 0 Å². The number of nitrogens with zero attached hydrogens (tertiary/aromatic N) is 1. The molecule has 6 nitrogen and oxygen atoms in total. The molecule has 7 heteroatoms. The third-order valence-corrected chi connectivity index (χ3v) is 2.59. The molecular weight excluding hydrogens is 275 g/mol. The van der Waals surface area contributed by atoms with Crippen LogP contribution in [0.15, 0.2) is 36.5 Å². The van der Waals surface area contributed by atoms with Gasteiger partial charge in [-0.25, -0.2) is 9.37 Å². The number of anilines is 3. The van der Waals surface area contributed by atoms with Crippen molar-refractivity contribution in [3.05, 3.63) is 48.0 Å². The number of carbonyl (C=O) groups excluding carboxylic acids is 2. The van der Waals surface area contributed by atoms with Crippen molar-refractivity contribution in [1.29, 1.82) is 0 Å². The molecule has 0 fully saturated rings. The van der Waals surface area contributed by atoms with Gasteiger partial charge in [-0.3, -0.25) is 9.59 Å². The molecule has 4 N–H and O–H groups in total. The van der Waals surface area contributed by atoms with Crippen molar-refractivity contribution >= 4 is 28.9 Å². The standard InChI is InChI=1S/C14H13FN4O2/c1-8(20)18-12-7-9(4-5-10(12)15)19-14(21)13-11(16)3-2-6-17-13/h2-7H,16H2,1H3,(H,18,20)(H,19,21). The monoisotopic (exact) mass is 288 g/mol. The minimum Gasteiger partial charge on any atom is -0.397 e. The number of pyridine rings is 1. The van der Waals surface area contributed by atoms with Crippen LogP contribution in [0, 0.1) is 5.82 Å². The largest absolute Gasteiger partial charge is 0.397 e. The van der Waals surface area contributed by atoms with Gasteiger partial charge in [-0.05, 0) is 30.3 Å². The molecule has 2 rings (SSSR count). The molecule has 108 valence electrons. The highest BCUT2D eigenvalue weighted by Gasteiger charge is 2.12. The second kappa shape index (κ2) is 6.00. The minimum atomic E-state index is -0.597. The molecule has 0 aliphatic heterocycles. The van der Waals surface area contributed by atoms with E-state index in [1.165, 1.54) is 25.3 Å². The topological polar surface area (TPSA) is 97.1 Å². The van der Waals surface area contributed by atoms with E-state index in [-0.39, 0.29) is 17.1 Å². The lowest BCUT2D eigenvalue weighted by Gasteiger charge is -2.09. The Hall–Kier alpha value is -2.96. The van der Waals surface area contributed by atoms with Crippen LogP contribution in [0.1, 0.15) is 17.4 Å². The third-order valence-electron chi connectivity index (χ3n) is 2.59. The van der Waals surface area contributed by atoms with Crippen molar-refractivity contribution in [2.75, 3.05) is 16.4 Å². The number of benzene rings is 1. The van der Waals surface area contributed by atoms with Gasteiger partial charge in [0.05, 0.1) is 11.4 Å². The van der Waals surface area contributed by atoms with Crippen LogP contribution in [0.2, 0.25) is 0 Å². The molecule has 0 saturated heterocycles. The predicted octanol–water partition coefficient (Wildman–Crippen LogP) is 2.01. The Balaban J connectivity index is 2.22. The zero-order chi connectivity index (χ0) is 15.4. The quantitative estimate of drug-likeness (QED) is 0.804. The van der Waals surface area contributed by atoms with Crippen molar-refractivity contribution in [2.24, 2.45) is 0 Å². The Labute approximate surface area is 120 Å². The van der Waals surface area contributed by atoms with E-state index in [4.69, 9.17) is 5.73 Å². The fourth-order valence-electron chi connectivity index (χ4n) is 1.69. The Morgan fingerprint density at radius 3 is 2.67 bits per heavy atom. The molecule has 0 aliphatic rings. The Kier molecular flexibility index (Phi) is 4.13. The number of amides is 2. The number of nitrogens with two attached hydrogens (primary N) is 1. The normalized spacial score (nSPS) is 10.0. The summed E-state index contributed by atoms with van der Waals surface area (Å²) in [7, 11) is 0. The first-order valence-electron chi connectivity index (χ1n) is 6.06. The van der Waals surface area contributed by atoms with E-state index < -0.39 is 17.6 Å². The van der Waals surface area contributed by atoms with Crippen molar-refractivity contribution < 1.29 is 14.0 Å². The SMILES string of the molecule is CC(=O)Nc1cc(NC(=O)c2ncccc2N)ccc1F. The minimum absolute atomic E-state index is 0.0192. The maximum absolute atomic E-state index is 13.5. The molecule has 2 amide bonds. The predicted molar refractivity (Wildman–Crippen MR) is 77.3 cm³/mol. The Morgan fingerprint density at radius 1 is 1.24 bits per heavy atom. The molecule has 0 radical (unpaired) electrons. The zero-order valence-corrected chi connectivity index (χ0v) is 11.2. The number of rotatable bonds is 3. The van der Waals surface area contributed by atoms with Gasteiger partial charge in [-0.15, -0.1) is 0 Å². The molecule has 21 heavy (non-hydrogen) atoms. The number of nitrogens with one attached hydrogen (secondary N) is 2. The summed E-state index contributed by atoms with van der Waals surface area (Å²) in [5.74, 6) is -1.53. The highest BCUT2D eigenvalue weighted by Crippen LogP contribution is 2.20. The maximum Gasteiger partial charge on any atom is 0.276 e. The molecular formula is C14H13FN4O2. The fraction of sp³-hybridized carbons (Fsp3) is 0.0714. The molecule has 0 unspecified atom stereocenters. The summed E-state index contributed by atoms with van der Waals surface area (Å²) in [6.07, 6.45) is 1.44. The van der Waals surface area contributed by atoms with E-state index in [1.54, 1.807) is 12.1 Å². The second-order valence-corrected chi connectivity index (χ2v) is 4.27. The average molecular weight is 288 g/mol. The first-order chi connectivity index (χ1) is 9.97. The van der Waals surface area contributed by atoms with Gasteiger partial charge >= 0.3 is 0 Å². The lowest BCUT2D eigenvalue weighted by atomic mass is 10.2. The van der Waals surface area contributed by atoms with Crippen molar-refractivity contribution in [3.63, 3.8) is 0 Å². The van der Waals surface area contributed by atoms with Crippen LogP contribution < -0.4 is 16.4 Å². The van der Waals surface area contributed by atoms with Crippen LogP contribution in [-0.2, 0) is 4.79 Å². The van der Waals surface area contributed by atoms with Crippen LogP contribution in [0.4, 0.5) is 21.5 Å². The summed E-state index contributed by atoms with van der Waals surface area (Å²) in [4.78, 5) is 26.9. The van der Waals surface area contributed by atoms with E-state index in [0.29, 0.717) is 5.69 Å². The van der Waals surface area contributed by atoms with Crippen molar-refractivity contribution in [2.45, 2.75) is 6.92 Å². The average Bonchev–Trinajstić information content (AvgIpc) is 2.42. The van der Waals surface area contributed by atoms with Crippen LogP contribution in [0.3, 0.4) is 0 Å². The van der Waals surface area contributed by atoms with Gasteiger partial charge in [-0.2, -0.15) is 0 Å². The molecule has 0 atom stereocenters. The molecule has 1 aromatic heterocycles. The van der Waals surface area contributed by atoms with Gasteiger partial charge in [-0.1, -0.05) is 0 Å². The lowest BCUT2D eigenvalue weighted by Crippen LogP contribution is -2.16. The number of aromatic nitrogens is 1. The van der Waals surface area contributed by atoms with Gasteiger partial charge < -0.3 is 16.4 Å². The first kappa shape index (κ1) is 14.4. The molecule has 1 aromatic carbocycles. The molecule has 2 aromatic rings. The summed E-state index contributed by atoms with van der Waals surface area (Å²) in [6, 6.07) is 6.99. The summed E-state index contributed by atoms with van der Waals surface area (Å²) in [5.41, 5.74) is 6.26. The van der Waals surface area contributed by atoms with Crippen LogP contribution in [-0.4, -0.2) is 16.8 Å². The van der Waals surface area contributed by atoms with Gasteiger partial charge in [0.1, 0.15) is 5.82 Å². The molecule has 1 heterocycles. The molecule has 0 bridgehead atoms. The van der Waals surface area contributed by atoms with E-state index in [2.05, 4.69) is 15.6 Å². The number of hydrogen-bond donors (Lipinski definition) is 3. The van der Waals surface area contributed by atoms with Crippen LogP contribution in [0.5, 0.6) is 0 Å². The Morgan fingerprint density at radius 2 is 2.00 bits per heavy atom. The van der Waals surface area contributed by atoms with Crippen LogP contribution >= 0.6 is 0 Å². The molecule has 0 spiro atoms. The molecule has 0 aliphatic carbocycles. The van der Waals surface area contributed by atoms with Gasteiger partial charge in [0.2, 0.25) is 5.91 Å². The number of hydrogen-bond acceptors (Lipinski definition) is 4. The zero-order valence-electron chi connectivity index (χ0n) is 11.2. The lowest BCUT2D eigenvalue weighted by molar-refractivity contribution is -0.114. The highest BCUT2D eigenvalue weighted by molar-refractivity contribution is 6.06. The van der Waals surface area contributed by atoms with Gasteiger partial charge in [0.25, 0.3) is 5.91 Å². The fourth-order valence-corrected chi connectivity index (χ4v) is 1.69. The van der Waals surface area contributed by atoms with Crippen LogP contribution in [0.25, 0.3) is 0 Å². The number of nitrogen functional groups attached to an aromatic ring is 1. The van der Waals surface area contributed by atoms with E-state index in [1.807, 2.05) is 0 Å². The summed E-state index contributed by atoms with van der Waals surface area (Å²) in [6.45, 7) is 1.26. The smallest absolute Gasteiger partial charge is 0.276 e. The summed E-state index contributed by atoms with van der Waals surface area (Å²) < 4.78 is 13.5. The van der Waals surface area contributed by atoms with E-state index in [0.717, 1.165) is 6.07 Å². The van der Waals surface area contributed by atoms with Gasteiger partial charge in [0, 0.05) is 18.8 Å². The summed E-state index contributed by atoms with van der Waals surface area (Å²) >= 11 is 0. The number of carbonyl (C=O) groups is 2. The van der Waals surface area contributed by atoms with Crippen molar-refractivity contribution in [1.82, 2.24) is 4.98 Å². The molecule has 0 saturated carbocycles.